The predicted octanol–water partition coefficient (Wildman–Crippen LogP) is 3.63. The standard InChI is InChI=1S/C16H24N2O3/c1-3-17(4-2)15-7-5-6-8-16(15)21-14-11-9-13(10-12-14)18(19)20/h9-12,15-16H,3-8H2,1-2H3. The van der Waals surface area contributed by atoms with Crippen LogP contribution in [0.3, 0.4) is 0 Å². The average molecular weight is 292 g/mol. The van der Waals surface area contributed by atoms with E-state index in [2.05, 4.69) is 18.7 Å². The van der Waals surface area contributed by atoms with Crippen LogP contribution in [-0.2, 0) is 0 Å². The number of nitro groups is 1. The van der Waals surface area contributed by atoms with Crippen LogP contribution in [0.4, 0.5) is 5.69 Å². The summed E-state index contributed by atoms with van der Waals surface area (Å²) in [4.78, 5) is 12.7. The highest BCUT2D eigenvalue weighted by molar-refractivity contribution is 5.36. The van der Waals surface area contributed by atoms with E-state index < -0.39 is 0 Å². The number of ether oxygens (including phenoxy) is 1. The van der Waals surface area contributed by atoms with Gasteiger partial charge in [-0.05, 0) is 44.5 Å². The summed E-state index contributed by atoms with van der Waals surface area (Å²) in [6.07, 6.45) is 4.84. The molecule has 5 nitrogen and oxygen atoms in total. The molecule has 1 aliphatic rings. The maximum atomic E-state index is 10.7. The number of rotatable bonds is 6. The van der Waals surface area contributed by atoms with Crippen LogP contribution < -0.4 is 4.74 Å². The molecule has 1 fully saturated rings. The minimum atomic E-state index is -0.386. The Balaban J connectivity index is 2.06. The zero-order valence-corrected chi connectivity index (χ0v) is 12.8. The Bertz CT molecular complexity index is 457. The molecule has 0 bridgehead atoms. The van der Waals surface area contributed by atoms with Gasteiger partial charge in [-0.1, -0.05) is 20.3 Å². The van der Waals surface area contributed by atoms with Gasteiger partial charge in [0.2, 0.25) is 0 Å². The number of hydrogen-bond donors (Lipinski definition) is 0. The van der Waals surface area contributed by atoms with Crippen molar-refractivity contribution in [2.24, 2.45) is 0 Å². The Morgan fingerprint density at radius 3 is 2.38 bits per heavy atom. The van der Waals surface area contributed by atoms with Crippen LogP contribution in [0.15, 0.2) is 24.3 Å². The highest BCUT2D eigenvalue weighted by Crippen LogP contribution is 2.28. The van der Waals surface area contributed by atoms with Crippen molar-refractivity contribution in [1.82, 2.24) is 4.90 Å². The normalized spacial score (nSPS) is 22.2. The number of nitrogens with zero attached hydrogens (tertiary/aromatic N) is 2. The van der Waals surface area contributed by atoms with Crippen LogP contribution >= 0.6 is 0 Å². The summed E-state index contributed by atoms with van der Waals surface area (Å²) in [5.74, 6) is 0.727. The molecular formula is C16H24N2O3. The van der Waals surface area contributed by atoms with Crippen molar-refractivity contribution in [1.29, 1.82) is 0 Å². The van der Waals surface area contributed by atoms with Gasteiger partial charge in [-0.15, -0.1) is 0 Å². The van der Waals surface area contributed by atoms with Gasteiger partial charge in [0.05, 0.1) is 4.92 Å². The molecule has 1 saturated carbocycles. The van der Waals surface area contributed by atoms with Crippen LogP contribution in [0.1, 0.15) is 39.5 Å². The maximum absolute atomic E-state index is 10.7. The van der Waals surface area contributed by atoms with Crippen LogP contribution in [-0.4, -0.2) is 35.1 Å². The van der Waals surface area contributed by atoms with Gasteiger partial charge in [-0.2, -0.15) is 0 Å². The number of hydrogen-bond acceptors (Lipinski definition) is 4. The molecule has 1 aliphatic carbocycles. The Labute approximate surface area is 126 Å². The van der Waals surface area contributed by atoms with Crippen molar-refractivity contribution < 1.29 is 9.66 Å². The molecule has 5 heteroatoms. The lowest BCUT2D eigenvalue weighted by Crippen LogP contribution is -2.47. The monoisotopic (exact) mass is 292 g/mol. The first-order valence-electron chi connectivity index (χ1n) is 7.80. The predicted molar refractivity (Wildman–Crippen MR) is 82.7 cm³/mol. The lowest BCUT2D eigenvalue weighted by molar-refractivity contribution is -0.384. The first-order valence-corrected chi connectivity index (χ1v) is 7.80. The molecule has 1 aromatic carbocycles. The van der Waals surface area contributed by atoms with Gasteiger partial charge in [0, 0.05) is 18.2 Å². The third-order valence-corrected chi connectivity index (χ3v) is 4.28. The molecule has 1 aromatic rings. The second-order valence-corrected chi connectivity index (χ2v) is 5.48. The van der Waals surface area contributed by atoms with Crippen molar-refractivity contribution in [3.8, 4) is 5.75 Å². The van der Waals surface area contributed by atoms with Crippen molar-refractivity contribution in [2.75, 3.05) is 13.1 Å². The summed E-state index contributed by atoms with van der Waals surface area (Å²) >= 11 is 0. The molecule has 0 aromatic heterocycles. The highest BCUT2D eigenvalue weighted by Gasteiger charge is 2.30. The Morgan fingerprint density at radius 1 is 1.19 bits per heavy atom. The van der Waals surface area contributed by atoms with Crippen molar-refractivity contribution in [3.05, 3.63) is 34.4 Å². The van der Waals surface area contributed by atoms with E-state index in [1.165, 1.54) is 31.4 Å². The summed E-state index contributed by atoms with van der Waals surface area (Å²) < 4.78 is 6.12. The molecule has 0 N–H and O–H groups in total. The number of likely N-dealkylation sites (N-methyl/N-ethyl adjacent to an activating group) is 1. The topological polar surface area (TPSA) is 55.6 Å². The Kier molecular flexibility index (Phi) is 5.56. The van der Waals surface area contributed by atoms with Gasteiger partial charge in [0.1, 0.15) is 11.9 Å². The van der Waals surface area contributed by atoms with E-state index in [0.29, 0.717) is 6.04 Å². The Morgan fingerprint density at radius 2 is 1.81 bits per heavy atom. The number of benzene rings is 1. The zero-order chi connectivity index (χ0) is 15.2. The van der Waals surface area contributed by atoms with Gasteiger partial charge < -0.3 is 4.74 Å². The minimum absolute atomic E-state index is 0.103. The largest absolute Gasteiger partial charge is 0.489 e. The molecule has 21 heavy (non-hydrogen) atoms. The molecule has 2 rings (SSSR count). The Hall–Kier alpha value is -1.62. The lowest BCUT2D eigenvalue weighted by Gasteiger charge is -2.39. The molecular weight excluding hydrogens is 268 g/mol. The summed E-state index contributed by atoms with van der Waals surface area (Å²) in [6.45, 7) is 6.42. The van der Waals surface area contributed by atoms with Crippen molar-refractivity contribution in [3.63, 3.8) is 0 Å². The highest BCUT2D eigenvalue weighted by atomic mass is 16.6. The van der Waals surface area contributed by atoms with Crippen LogP contribution in [0, 0.1) is 10.1 Å². The summed E-state index contributed by atoms with van der Waals surface area (Å²) in [5, 5.41) is 10.7. The summed E-state index contributed by atoms with van der Waals surface area (Å²) in [6, 6.07) is 6.86. The third-order valence-electron chi connectivity index (χ3n) is 4.28. The number of non-ortho nitro benzene ring substituents is 1. The summed E-state index contributed by atoms with van der Waals surface area (Å²) in [7, 11) is 0. The van der Waals surface area contributed by atoms with Gasteiger partial charge >= 0.3 is 0 Å². The van der Waals surface area contributed by atoms with Crippen LogP contribution in [0.5, 0.6) is 5.75 Å². The van der Waals surface area contributed by atoms with E-state index in [1.807, 2.05) is 0 Å². The second-order valence-electron chi connectivity index (χ2n) is 5.48. The maximum Gasteiger partial charge on any atom is 0.269 e. The SMILES string of the molecule is CCN(CC)C1CCCCC1Oc1ccc([N+](=O)[O-])cc1. The molecule has 2 atom stereocenters. The first kappa shape index (κ1) is 15.8. The molecule has 2 unspecified atom stereocenters. The van der Waals surface area contributed by atoms with E-state index in [9.17, 15) is 10.1 Å². The number of nitro benzene ring substituents is 1. The molecule has 0 heterocycles. The van der Waals surface area contributed by atoms with Gasteiger partial charge in [-0.25, -0.2) is 0 Å². The summed E-state index contributed by atoms with van der Waals surface area (Å²) in [5.41, 5.74) is 0.103. The first-order chi connectivity index (χ1) is 10.2. The van der Waals surface area contributed by atoms with Crippen LogP contribution in [0.2, 0.25) is 0 Å². The van der Waals surface area contributed by atoms with E-state index in [1.54, 1.807) is 12.1 Å². The fourth-order valence-electron chi connectivity index (χ4n) is 3.15. The molecule has 0 aliphatic heterocycles. The van der Waals surface area contributed by atoms with Gasteiger partial charge in [-0.3, -0.25) is 15.0 Å². The molecule has 0 amide bonds. The lowest BCUT2D eigenvalue weighted by atomic mass is 9.91. The molecule has 0 radical (unpaired) electrons. The minimum Gasteiger partial charge on any atom is -0.489 e. The van der Waals surface area contributed by atoms with Crippen molar-refractivity contribution in [2.45, 2.75) is 51.7 Å². The molecule has 0 saturated heterocycles. The smallest absolute Gasteiger partial charge is 0.269 e. The van der Waals surface area contributed by atoms with Crippen molar-refractivity contribution >= 4 is 5.69 Å². The van der Waals surface area contributed by atoms with Crippen LogP contribution in [0.25, 0.3) is 0 Å². The molecule has 0 spiro atoms. The van der Waals surface area contributed by atoms with Gasteiger partial charge in [0.25, 0.3) is 5.69 Å². The third kappa shape index (κ3) is 3.94. The second kappa shape index (κ2) is 7.41. The quantitative estimate of drug-likeness (QED) is 0.593. The van der Waals surface area contributed by atoms with E-state index in [0.717, 1.165) is 25.3 Å². The zero-order valence-electron chi connectivity index (χ0n) is 12.8. The fourth-order valence-corrected chi connectivity index (χ4v) is 3.15. The fraction of sp³-hybridized carbons (Fsp3) is 0.625. The van der Waals surface area contributed by atoms with E-state index >= 15 is 0 Å². The molecule has 116 valence electrons. The van der Waals surface area contributed by atoms with Gasteiger partial charge in [0.15, 0.2) is 0 Å². The van der Waals surface area contributed by atoms with E-state index in [4.69, 9.17) is 4.74 Å². The van der Waals surface area contributed by atoms with E-state index in [-0.39, 0.29) is 16.7 Å². The average Bonchev–Trinajstić information content (AvgIpc) is 2.50.